The third-order valence-corrected chi connectivity index (χ3v) is 4.83. The third-order valence-electron chi connectivity index (χ3n) is 4.58. The number of anilines is 1. The van der Waals surface area contributed by atoms with E-state index in [4.69, 9.17) is 27.2 Å². The molecule has 0 bridgehead atoms. The fourth-order valence-corrected chi connectivity index (χ4v) is 3.34. The Labute approximate surface area is 157 Å². The Balaban J connectivity index is 1.50. The zero-order chi connectivity index (χ0) is 17.9. The van der Waals surface area contributed by atoms with Crippen molar-refractivity contribution in [1.29, 1.82) is 0 Å². The van der Waals surface area contributed by atoms with E-state index in [0.29, 0.717) is 16.9 Å². The zero-order valence-electron chi connectivity index (χ0n) is 14.4. The van der Waals surface area contributed by atoms with Gasteiger partial charge in [0.25, 0.3) is 0 Å². The van der Waals surface area contributed by atoms with Crippen LogP contribution in [0.25, 0.3) is 11.3 Å². The molecule has 4 rings (SSSR count). The van der Waals surface area contributed by atoms with Crippen LogP contribution >= 0.6 is 11.6 Å². The lowest BCUT2D eigenvalue weighted by molar-refractivity contribution is 0.351. The van der Waals surface area contributed by atoms with Crippen LogP contribution in [0.4, 0.5) is 5.82 Å². The van der Waals surface area contributed by atoms with E-state index >= 15 is 0 Å². The molecule has 1 aromatic heterocycles. The molecule has 26 heavy (non-hydrogen) atoms. The van der Waals surface area contributed by atoms with Gasteiger partial charge in [0.1, 0.15) is 17.3 Å². The smallest absolute Gasteiger partial charge is 0.127 e. The Kier molecular flexibility index (Phi) is 4.82. The number of aromatic nitrogens is 2. The average molecular weight is 369 g/mol. The van der Waals surface area contributed by atoms with Gasteiger partial charge < -0.3 is 15.8 Å². The highest BCUT2D eigenvalue weighted by Crippen LogP contribution is 2.28. The molecule has 0 saturated carbocycles. The normalized spacial score (nSPS) is 17.2. The molecule has 0 unspecified atom stereocenters. The number of piperidine rings is 1. The summed E-state index contributed by atoms with van der Waals surface area (Å²) in [5.74, 6) is 2.22. The van der Waals surface area contributed by atoms with Crippen LogP contribution in [0.5, 0.6) is 11.5 Å². The lowest BCUT2D eigenvalue weighted by Crippen LogP contribution is -2.32. The van der Waals surface area contributed by atoms with Gasteiger partial charge in [-0.15, -0.1) is 0 Å². The van der Waals surface area contributed by atoms with Crippen LogP contribution in [0.1, 0.15) is 18.9 Å². The fraction of sp³-hybridized carbons (Fsp3) is 0.250. The molecule has 134 valence electrons. The van der Waals surface area contributed by atoms with Crippen molar-refractivity contribution in [3.8, 4) is 22.8 Å². The number of nitrogens with two attached hydrogens (primary N) is 1. The molecule has 1 fully saturated rings. The second kappa shape index (κ2) is 7.40. The molecule has 5 nitrogen and oxygen atoms in total. The fourth-order valence-electron chi connectivity index (χ4n) is 3.22. The molecule has 0 radical (unpaired) electrons. The molecule has 3 N–H and O–H groups in total. The van der Waals surface area contributed by atoms with Gasteiger partial charge in [0.15, 0.2) is 0 Å². The molecular weight excluding hydrogens is 348 g/mol. The van der Waals surface area contributed by atoms with Crippen molar-refractivity contribution < 1.29 is 4.74 Å². The van der Waals surface area contributed by atoms with Gasteiger partial charge in [-0.1, -0.05) is 11.6 Å². The van der Waals surface area contributed by atoms with Gasteiger partial charge in [0.05, 0.1) is 11.7 Å². The summed E-state index contributed by atoms with van der Waals surface area (Å²) < 4.78 is 7.78. The Morgan fingerprint density at radius 1 is 1.08 bits per heavy atom. The molecule has 2 aromatic carbocycles. The molecule has 1 aliphatic rings. The molecule has 1 atom stereocenters. The number of rotatable bonds is 4. The summed E-state index contributed by atoms with van der Waals surface area (Å²) >= 11 is 5.90. The van der Waals surface area contributed by atoms with Crippen LogP contribution in [0.15, 0.2) is 54.6 Å². The summed E-state index contributed by atoms with van der Waals surface area (Å²) in [4.78, 5) is 0. The van der Waals surface area contributed by atoms with Gasteiger partial charge in [-0.25, -0.2) is 4.68 Å². The number of halogens is 1. The summed E-state index contributed by atoms with van der Waals surface area (Å²) in [6.07, 6.45) is 2.25. The largest absolute Gasteiger partial charge is 0.457 e. The topological polar surface area (TPSA) is 65.1 Å². The molecule has 1 saturated heterocycles. The van der Waals surface area contributed by atoms with Crippen LogP contribution in [0.2, 0.25) is 5.02 Å². The van der Waals surface area contributed by atoms with Gasteiger partial charge in [-0.2, -0.15) is 5.10 Å². The van der Waals surface area contributed by atoms with E-state index in [1.807, 2.05) is 47.1 Å². The second-order valence-electron chi connectivity index (χ2n) is 6.48. The minimum Gasteiger partial charge on any atom is -0.457 e. The molecule has 3 aromatic rings. The van der Waals surface area contributed by atoms with Crippen LogP contribution < -0.4 is 15.8 Å². The summed E-state index contributed by atoms with van der Waals surface area (Å²) in [6.45, 7) is 1.98. The maximum atomic E-state index is 6.19. The van der Waals surface area contributed by atoms with Crippen LogP contribution in [-0.4, -0.2) is 22.9 Å². The molecule has 0 amide bonds. The summed E-state index contributed by atoms with van der Waals surface area (Å²) in [5, 5.41) is 8.81. The first-order valence-corrected chi connectivity index (χ1v) is 9.16. The lowest BCUT2D eigenvalue weighted by atomic mass is 10.1. The summed E-state index contributed by atoms with van der Waals surface area (Å²) in [7, 11) is 0. The zero-order valence-corrected chi connectivity index (χ0v) is 15.1. The van der Waals surface area contributed by atoms with Crippen molar-refractivity contribution in [2.45, 2.75) is 18.9 Å². The predicted octanol–water partition coefficient (Wildman–Crippen LogP) is 4.50. The average Bonchev–Trinajstić information content (AvgIpc) is 3.07. The van der Waals surface area contributed by atoms with Crippen molar-refractivity contribution in [2.24, 2.45) is 0 Å². The van der Waals surface area contributed by atoms with Gasteiger partial charge in [-0.3, -0.25) is 0 Å². The van der Waals surface area contributed by atoms with Gasteiger partial charge in [0, 0.05) is 23.2 Å². The van der Waals surface area contributed by atoms with Gasteiger partial charge in [-0.05, 0) is 67.9 Å². The number of nitrogen functional groups attached to an aromatic ring is 1. The van der Waals surface area contributed by atoms with Gasteiger partial charge in [0.2, 0.25) is 0 Å². The minimum atomic E-state index is 0.324. The number of ether oxygens (including phenoxy) is 1. The lowest BCUT2D eigenvalue weighted by Gasteiger charge is -2.23. The maximum Gasteiger partial charge on any atom is 0.127 e. The SMILES string of the molecule is Nc1cc(-c2ccc(Oc3ccc(Cl)cc3)cc2)nn1[C@@H]1CCCNC1. The maximum absolute atomic E-state index is 6.19. The van der Waals surface area contributed by atoms with E-state index in [0.717, 1.165) is 48.7 Å². The highest BCUT2D eigenvalue weighted by Gasteiger charge is 2.19. The van der Waals surface area contributed by atoms with Crippen molar-refractivity contribution in [3.63, 3.8) is 0 Å². The number of hydrogen-bond donors (Lipinski definition) is 2. The summed E-state index contributed by atoms with van der Waals surface area (Å²) in [6, 6.07) is 17.4. The number of nitrogens with zero attached hydrogens (tertiary/aromatic N) is 2. The Hall–Kier alpha value is -2.50. The van der Waals surface area contributed by atoms with E-state index in [1.54, 1.807) is 12.1 Å². The molecule has 0 spiro atoms. The quantitative estimate of drug-likeness (QED) is 0.711. The monoisotopic (exact) mass is 368 g/mol. The van der Waals surface area contributed by atoms with Crippen molar-refractivity contribution in [2.75, 3.05) is 18.8 Å². The Morgan fingerprint density at radius 3 is 2.42 bits per heavy atom. The second-order valence-corrected chi connectivity index (χ2v) is 6.92. The first-order valence-electron chi connectivity index (χ1n) is 8.79. The number of hydrogen-bond acceptors (Lipinski definition) is 4. The highest BCUT2D eigenvalue weighted by atomic mass is 35.5. The molecule has 0 aliphatic carbocycles. The third kappa shape index (κ3) is 3.69. The molecule has 1 aliphatic heterocycles. The van der Waals surface area contributed by atoms with E-state index in [2.05, 4.69) is 5.32 Å². The highest BCUT2D eigenvalue weighted by molar-refractivity contribution is 6.30. The standard InChI is InChI=1S/C20H21ClN4O/c21-15-5-9-18(10-6-15)26-17-7-3-14(4-8-17)19-12-20(22)25(24-19)16-2-1-11-23-13-16/h3-10,12,16,23H,1-2,11,13,22H2/t16-/m1/s1. The van der Waals surface area contributed by atoms with Crippen molar-refractivity contribution in [1.82, 2.24) is 15.1 Å². The van der Waals surface area contributed by atoms with E-state index in [1.165, 1.54) is 0 Å². The first-order chi connectivity index (χ1) is 12.7. The minimum absolute atomic E-state index is 0.324. The van der Waals surface area contributed by atoms with E-state index < -0.39 is 0 Å². The molecule has 6 heteroatoms. The van der Waals surface area contributed by atoms with E-state index in [-0.39, 0.29) is 0 Å². The first kappa shape index (κ1) is 16.9. The van der Waals surface area contributed by atoms with Crippen LogP contribution in [-0.2, 0) is 0 Å². The Bertz CT molecular complexity index is 868. The van der Waals surface area contributed by atoms with Crippen molar-refractivity contribution >= 4 is 17.4 Å². The number of nitrogens with one attached hydrogen (secondary N) is 1. The molecular formula is C20H21ClN4O. The number of benzene rings is 2. The molecule has 2 heterocycles. The van der Waals surface area contributed by atoms with Gasteiger partial charge >= 0.3 is 0 Å². The van der Waals surface area contributed by atoms with Crippen LogP contribution in [0.3, 0.4) is 0 Å². The van der Waals surface area contributed by atoms with E-state index in [9.17, 15) is 0 Å². The van der Waals surface area contributed by atoms with Crippen LogP contribution in [0, 0.1) is 0 Å². The van der Waals surface area contributed by atoms with Crippen molar-refractivity contribution in [3.05, 3.63) is 59.6 Å². The predicted molar refractivity (Wildman–Crippen MR) is 105 cm³/mol. The Morgan fingerprint density at radius 2 is 1.77 bits per heavy atom. The summed E-state index contributed by atoms with van der Waals surface area (Å²) in [5.41, 5.74) is 8.09.